The lowest BCUT2D eigenvalue weighted by Gasteiger charge is -2.25. The van der Waals surface area contributed by atoms with Crippen LogP contribution in [0.5, 0.6) is 0 Å². The van der Waals surface area contributed by atoms with Gasteiger partial charge in [0.15, 0.2) is 0 Å². The second-order valence-electron chi connectivity index (χ2n) is 5.56. The number of carbonyl (C=O) groups is 2. The van der Waals surface area contributed by atoms with E-state index in [1.165, 1.54) is 11.8 Å². The number of benzene rings is 1. The molecule has 0 bridgehead atoms. The van der Waals surface area contributed by atoms with Crippen molar-refractivity contribution in [2.24, 2.45) is 0 Å². The number of aryl methyl sites for hydroxylation is 1. The van der Waals surface area contributed by atoms with Crippen LogP contribution in [0.2, 0.25) is 0 Å². The number of thioether (sulfide) groups is 1. The predicted molar refractivity (Wildman–Crippen MR) is 89.3 cm³/mol. The van der Waals surface area contributed by atoms with Gasteiger partial charge in [-0.05, 0) is 31.2 Å². The zero-order chi connectivity index (χ0) is 16.4. The maximum Gasteiger partial charge on any atom is 0.238 e. The minimum absolute atomic E-state index is 0.0777. The van der Waals surface area contributed by atoms with Crippen molar-refractivity contribution in [2.75, 3.05) is 12.4 Å². The molecule has 6 heteroatoms. The van der Waals surface area contributed by atoms with E-state index < -0.39 is 5.25 Å². The van der Waals surface area contributed by atoms with Crippen molar-refractivity contribution in [3.63, 3.8) is 0 Å². The van der Waals surface area contributed by atoms with Crippen LogP contribution in [-0.2, 0) is 16.1 Å². The topological polar surface area (TPSA) is 62.6 Å². The van der Waals surface area contributed by atoms with Crippen molar-refractivity contribution < 1.29 is 14.0 Å². The predicted octanol–water partition coefficient (Wildman–Crippen LogP) is 3.05. The highest BCUT2D eigenvalue weighted by Crippen LogP contribution is 2.36. The summed E-state index contributed by atoms with van der Waals surface area (Å²) in [6, 6.07) is 11.3. The zero-order valence-corrected chi connectivity index (χ0v) is 13.9. The lowest BCUT2D eigenvalue weighted by molar-refractivity contribution is -0.132. The van der Waals surface area contributed by atoms with Gasteiger partial charge in [-0.25, -0.2) is 0 Å². The van der Waals surface area contributed by atoms with E-state index in [1.54, 1.807) is 11.9 Å². The van der Waals surface area contributed by atoms with Crippen LogP contribution in [0, 0.1) is 6.92 Å². The van der Waals surface area contributed by atoms with Gasteiger partial charge in [0.1, 0.15) is 11.5 Å². The first-order valence-electron chi connectivity index (χ1n) is 7.39. The molecule has 2 aromatic rings. The summed E-state index contributed by atoms with van der Waals surface area (Å²) >= 11 is 1.44. The highest BCUT2D eigenvalue weighted by Gasteiger charge is 2.29. The summed E-state index contributed by atoms with van der Waals surface area (Å²) in [4.78, 5) is 27.1. The van der Waals surface area contributed by atoms with Gasteiger partial charge in [-0.2, -0.15) is 0 Å². The van der Waals surface area contributed by atoms with Crippen LogP contribution in [0.4, 0.5) is 5.69 Å². The highest BCUT2D eigenvalue weighted by atomic mass is 32.2. The van der Waals surface area contributed by atoms with Crippen LogP contribution in [0.3, 0.4) is 0 Å². The number of hydrogen-bond acceptors (Lipinski definition) is 4. The Kier molecular flexibility index (Phi) is 4.43. The Morgan fingerprint density at radius 1 is 1.30 bits per heavy atom. The Labute approximate surface area is 139 Å². The van der Waals surface area contributed by atoms with Gasteiger partial charge in [0.2, 0.25) is 11.8 Å². The highest BCUT2D eigenvalue weighted by molar-refractivity contribution is 8.01. The van der Waals surface area contributed by atoms with E-state index in [0.717, 1.165) is 22.1 Å². The van der Waals surface area contributed by atoms with Gasteiger partial charge >= 0.3 is 0 Å². The number of amides is 2. The number of carbonyl (C=O) groups excluding carboxylic acids is 2. The number of hydrogen-bond donors (Lipinski definition) is 1. The van der Waals surface area contributed by atoms with Crippen LogP contribution in [0.25, 0.3) is 0 Å². The molecule has 1 atom stereocenters. The molecule has 1 unspecified atom stereocenters. The van der Waals surface area contributed by atoms with Crippen LogP contribution in [0.1, 0.15) is 17.9 Å². The average molecular weight is 330 g/mol. The molecule has 0 radical (unpaired) electrons. The fourth-order valence-corrected chi connectivity index (χ4v) is 3.54. The molecule has 0 saturated heterocycles. The summed E-state index contributed by atoms with van der Waals surface area (Å²) in [6.07, 6.45) is 0.168. The van der Waals surface area contributed by atoms with Crippen LogP contribution < -0.4 is 5.32 Å². The SMILES string of the molecule is Cc1ccc(CN(C)C(=O)CC2Sc3ccccc3NC2=O)o1. The third-order valence-electron chi connectivity index (χ3n) is 3.68. The third kappa shape index (κ3) is 3.59. The minimum atomic E-state index is -0.404. The van der Waals surface area contributed by atoms with Crippen molar-refractivity contribution in [3.8, 4) is 0 Å². The second kappa shape index (κ2) is 6.50. The van der Waals surface area contributed by atoms with Crippen molar-refractivity contribution in [1.29, 1.82) is 0 Å². The minimum Gasteiger partial charge on any atom is -0.464 e. The Bertz CT molecular complexity index is 741. The lowest BCUT2D eigenvalue weighted by atomic mass is 10.2. The van der Waals surface area contributed by atoms with Crippen LogP contribution >= 0.6 is 11.8 Å². The Morgan fingerprint density at radius 3 is 2.83 bits per heavy atom. The third-order valence-corrected chi connectivity index (χ3v) is 4.96. The van der Waals surface area contributed by atoms with Crippen molar-refractivity contribution in [3.05, 3.63) is 47.9 Å². The molecule has 0 spiro atoms. The quantitative estimate of drug-likeness (QED) is 0.936. The molecule has 1 aliphatic rings. The molecule has 0 fully saturated rings. The molecule has 1 aromatic heterocycles. The van der Waals surface area contributed by atoms with E-state index >= 15 is 0 Å². The molecule has 5 nitrogen and oxygen atoms in total. The summed E-state index contributed by atoms with van der Waals surface area (Å²) in [5.41, 5.74) is 0.811. The second-order valence-corrected chi connectivity index (χ2v) is 6.80. The molecule has 1 aromatic carbocycles. The smallest absolute Gasteiger partial charge is 0.238 e. The maximum atomic E-state index is 12.4. The molecule has 0 aliphatic carbocycles. The summed E-state index contributed by atoms with van der Waals surface area (Å²) in [5, 5.41) is 2.45. The molecule has 0 saturated carbocycles. The molecule has 2 heterocycles. The summed E-state index contributed by atoms with van der Waals surface area (Å²) < 4.78 is 5.48. The average Bonchev–Trinajstić information content (AvgIpc) is 2.93. The first-order valence-corrected chi connectivity index (χ1v) is 8.27. The number of furan rings is 1. The molecule has 2 amide bonds. The van der Waals surface area contributed by atoms with Crippen molar-refractivity contribution in [2.45, 2.75) is 30.0 Å². The van der Waals surface area contributed by atoms with E-state index in [-0.39, 0.29) is 18.2 Å². The van der Waals surface area contributed by atoms with Gasteiger partial charge in [-0.3, -0.25) is 9.59 Å². The number of nitrogens with one attached hydrogen (secondary N) is 1. The molecule has 3 rings (SSSR count). The van der Waals surface area contributed by atoms with E-state index in [0.29, 0.717) is 6.54 Å². The standard InChI is InChI=1S/C17H18N2O3S/c1-11-7-8-12(22-11)10-19(2)16(20)9-15-17(21)18-13-5-3-4-6-14(13)23-15/h3-8,15H,9-10H2,1-2H3,(H,18,21). The number of para-hydroxylation sites is 1. The van der Waals surface area contributed by atoms with Gasteiger partial charge < -0.3 is 14.6 Å². The lowest BCUT2D eigenvalue weighted by Crippen LogP contribution is -2.35. The van der Waals surface area contributed by atoms with E-state index in [1.807, 2.05) is 43.3 Å². The van der Waals surface area contributed by atoms with Crippen molar-refractivity contribution >= 4 is 29.3 Å². The van der Waals surface area contributed by atoms with Crippen LogP contribution in [0.15, 0.2) is 45.7 Å². The first-order chi connectivity index (χ1) is 11.0. The normalized spacial score (nSPS) is 16.6. The largest absolute Gasteiger partial charge is 0.464 e. The zero-order valence-electron chi connectivity index (χ0n) is 13.0. The number of rotatable bonds is 4. The van der Waals surface area contributed by atoms with Gasteiger partial charge in [-0.1, -0.05) is 12.1 Å². The number of fused-ring (bicyclic) bond motifs is 1. The monoisotopic (exact) mass is 330 g/mol. The Morgan fingerprint density at radius 2 is 2.09 bits per heavy atom. The van der Waals surface area contributed by atoms with E-state index in [4.69, 9.17) is 4.42 Å². The molecule has 1 N–H and O–H groups in total. The molecule has 23 heavy (non-hydrogen) atoms. The first kappa shape index (κ1) is 15.7. The van der Waals surface area contributed by atoms with Crippen LogP contribution in [-0.4, -0.2) is 29.0 Å². The molecule has 1 aliphatic heterocycles. The van der Waals surface area contributed by atoms with Gasteiger partial charge in [-0.15, -0.1) is 11.8 Å². The van der Waals surface area contributed by atoms with Gasteiger partial charge in [0.05, 0.1) is 17.5 Å². The fraction of sp³-hybridized carbons (Fsp3) is 0.294. The van der Waals surface area contributed by atoms with Gasteiger partial charge in [0.25, 0.3) is 0 Å². The number of anilines is 1. The van der Waals surface area contributed by atoms with Gasteiger partial charge in [0, 0.05) is 18.4 Å². The van der Waals surface area contributed by atoms with E-state index in [2.05, 4.69) is 5.32 Å². The Balaban J connectivity index is 1.62. The molecule has 120 valence electrons. The summed E-state index contributed by atoms with van der Waals surface area (Å²) in [5.74, 6) is 1.36. The van der Waals surface area contributed by atoms with E-state index in [9.17, 15) is 9.59 Å². The molecular formula is C17H18N2O3S. The summed E-state index contributed by atoms with van der Waals surface area (Å²) in [6.45, 7) is 2.27. The Hall–Kier alpha value is -2.21. The summed E-state index contributed by atoms with van der Waals surface area (Å²) in [7, 11) is 1.72. The number of nitrogens with zero attached hydrogens (tertiary/aromatic N) is 1. The maximum absolute atomic E-state index is 12.4. The van der Waals surface area contributed by atoms with Crippen molar-refractivity contribution in [1.82, 2.24) is 4.90 Å². The fourth-order valence-electron chi connectivity index (χ4n) is 2.43. The molecular weight excluding hydrogens is 312 g/mol.